The minimum Gasteiger partial charge on any atom is -0.481 e. The van der Waals surface area contributed by atoms with Crippen molar-refractivity contribution in [1.29, 1.82) is 0 Å². The first-order valence-corrected chi connectivity index (χ1v) is 6.53. The normalized spacial score (nSPS) is 9.82. The van der Waals surface area contributed by atoms with Crippen molar-refractivity contribution in [2.75, 3.05) is 13.1 Å². The molecule has 0 aliphatic carbocycles. The zero-order valence-corrected chi connectivity index (χ0v) is 11.9. The molecular formula is C14H17N3O5. The highest BCUT2D eigenvalue weighted by Gasteiger charge is 2.14. The van der Waals surface area contributed by atoms with Gasteiger partial charge in [0.15, 0.2) is 0 Å². The van der Waals surface area contributed by atoms with Crippen LogP contribution in [0.2, 0.25) is 0 Å². The number of benzene rings is 1. The fourth-order valence-corrected chi connectivity index (χ4v) is 1.75. The molecule has 0 radical (unpaired) electrons. The number of nitro benzene ring substituents is 1. The van der Waals surface area contributed by atoms with E-state index in [-0.39, 0.29) is 31.7 Å². The molecule has 0 atom stereocenters. The molecule has 118 valence electrons. The lowest BCUT2D eigenvalue weighted by molar-refractivity contribution is -0.384. The Morgan fingerprint density at radius 2 is 2.18 bits per heavy atom. The summed E-state index contributed by atoms with van der Waals surface area (Å²) in [5.74, 6) is -1.01. The Labute approximate surface area is 127 Å². The standard InChI is InChI=1S/C14H17N3O5/c1-2-8-16(14(20)15-7-6-13(18)19)10-11-4-3-5-12(9-11)17(21)22/h2-5,9H,1,6-8,10H2,(H,15,20)(H,18,19). The molecule has 22 heavy (non-hydrogen) atoms. The van der Waals surface area contributed by atoms with Gasteiger partial charge >= 0.3 is 12.0 Å². The molecule has 0 aromatic heterocycles. The number of nitro groups is 1. The summed E-state index contributed by atoms with van der Waals surface area (Å²) in [6, 6.07) is 5.53. The van der Waals surface area contributed by atoms with Crippen LogP contribution in [0.4, 0.5) is 10.5 Å². The Morgan fingerprint density at radius 3 is 2.77 bits per heavy atom. The lowest BCUT2D eigenvalue weighted by atomic mass is 10.2. The summed E-state index contributed by atoms with van der Waals surface area (Å²) in [6.07, 6.45) is 1.35. The topological polar surface area (TPSA) is 113 Å². The van der Waals surface area contributed by atoms with E-state index in [1.165, 1.54) is 23.1 Å². The van der Waals surface area contributed by atoms with Crippen LogP contribution in [0.5, 0.6) is 0 Å². The molecular weight excluding hydrogens is 290 g/mol. The third-order valence-corrected chi connectivity index (χ3v) is 2.75. The van der Waals surface area contributed by atoms with Gasteiger partial charge in [0, 0.05) is 31.8 Å². The van der Waals surface area contributed by atoms with E-state index in [4.69, 9.17) is 5.11 Å². The van der Waals surface area contributed by atoms with Crippen LogP contribution in [0.1, 0.15) is 12.0 Å². The number of aliphatic carboxylic acids is 1. The monoisotopic (exact) mass is 307 g/mol. The number of hydrogen-bond donors (Lipinski definition) is 2. The predicted octanol–water partition coefficient (Wildman–Crippen LogP) is 1.77. The average molecular weight is 307 g/mol. The van der Waals surface area contributed by atoms with Gasteiger partial charge in [0.1, 0.15) is 0 Å². The summed E-state index contributed by atoms with van der Waals surface area (Å²) >= 11 is 0. The summed E-state index contributed by atoms with van der Waals surface area (Å²) in [5.41, 5.74) is 0.548. The van der Waals surface area contributed by atoms with E-state index in [1.54, 1.807) is 12.1 Å². The average Bonchev–Trinajstić information content (AvgIpc) is 2.46. The summed E-state index contributed by atoms with van der Waals surface area (Å²) in [6.45, 7) is 3.96. The summed E-state index contributed by atoms with van der Waals surface area (Å²) in [4.78, 5) is 34.0. The van der Waals surface area contributed by atoms with Crippen LogP contribution in [0.25, 0.3) is 0 Å². The molecule has 0 saturated heterocycles. The fraction of sp³-hybridized carbons (Fsp3) is 0.286. The Bertz CT molecular complexity index is 573. The molecule has 1 aromatic rings. The summed E-state index contributed by atoms with van der Waals surface area (Å²) < 4.78 is 0. The van der Waals surface area contributed by atoms with Crippen LogP contribution in [-0.2, 0) is 11.3 Å². The molecule has 0 bridgehead atoms. The van der Waals surface area contributed by atoms with Gasteiger partial charge in [0.25, 0.3) is 5.69 Å². The molecule has 1 rings (SSSR count). The molecule has 8 nitrogen and oxygen atoms in total. The zero-order valence-electron chi connectivity index (χ0n) is 11.9. The number of amides is 2. The number of urea groups is 1. The quantitative estimate of drug-likeness (QED) is 0.431. The van der Waals surface area contributed by atoms with Gasteiger partial charge in [0.05, 0.1) is 11.3 Å². The SMILES string of the molecule is C=CCN(Cc1cccc([N+](=O)[O-])c1)C(=O)NCCC(=O)O. The highest BCUT2D eigenvalue weighted by Crippen LogP contribution is 2.14. The zero-order chi connectivity index (χ0) is 16.5. The number of carbonyl (C=O) groups is 2. The van der Waals surface area contributed by atoms with Gasteiger partial charge in [0.2, 0.25) is 0 Å². The maximum Gasteiger partial charge on any atom is 0.317 e. The van der Waals surface area contributed by atoms with Crippen molar-refractivity contribution in [3.8, 4) is 0 Å². The summed E-state index contributed by atoms with van der Waals surface area (Å²) in [5, 5.41) is 21.8. The van der Waals surface area contributed by atoms with Gasteiger partial charge in [-0.25, -0.2) is 4.79 Å². The van der Waals surface area contributed by atoms with Crippen LogP contribution < -0.4 is 5.32 Å². The van der Waals surface area contributed by atoms with Gasteiger partial charge in [-0.2, -0.15) is 0 Å². The van der Waals surface area contributed by atoms with Crippen molar-refractivity contribution in [3.63, 3.8) is 0 Å². The number of non-ortho nitro benzene ring substituents is 1. The number of carboxylic acid groups (broad SMARTS) is 1. The van der Waals surface area contributed by atoms with Crippen LogP contribution in [0.15, 0.2) is 36.9 Å². The van der Waals surface area contributed by atoms with Crippen molar-refractivity contribution >= 4 is 17.7 Å². The number of nitrogens with zero attached hydrogens (tertiary/aromatic N) is 2. The minimum atomic E-state index is -1.01. The lowest BCUT2D eigenvalue weighted by Crippen LogP contribution is -2.40. The predicted molar refractivity (Wildman–Crippen MR) is 79.4 cm³/mol. The van der Waals surface area contributed by atoms with Gasteiger partial charge in [-0.3, -0.25) is 14.9 Å². The Balaban J connectivity index is 2.72. The Morgan fingerprint density at radius 1 is 1.45 bits per heavy atom. The molecule has 0 heterocycles. The highest BCUT2D eigenvalue weighted by atomic mass is 16.6. The molecule has 0 saturated carbocycles. The highest BCUT2D eigenvalue weighted by molar-refractivity contribution is 5.75. The smallest absolute Gasteiger partial charge is 0.317 e. The maximum atomic E-state index is 12.0. The molecule has 0 spiro atoms. The third-order valence-electron chi connectivity index (χ3n) is 2.75. The van der Waals surface area contributed by atoms with Gasteiger partial charge in [-0.1, -0.05) is 18.2 Å². The minimum absolute atomic E-state index is 0.0107. The van der Waals surface area contributed by atoms with E-state index >= 15 is 0 Å². The fourth-order valence-electron chi connectivity index (χ4n) is 1.75. The van der Waals surface area contributed by atoms with Crippen molar-refractivity contribution in [3.05, 3.63) is 52.6 Å². The molecule has 0 fully saturated rings. The van der Waals surface area contributed by atoms with Crippen molar-refractivity contribution in [2.24, 2.45) is 0 Å². The number of nitrogens with one attached hydrogen (secondary N) is 1. The van der Waals surface area contributed by atoms with E-state index in [0.29, 0.717) is 5.56 Å². The lowest BCUT2D eigenvalue weighted by Gasteiger charge is -2.21. The van der Waals surface area contributed by atoms with Crippen LogP contribution in [-0.4, -0.2) is 40.0 Å². The van der Waals surface area contributed by atoms with Crippen LogP contribution in [0.3, 0.4) is 0 Å². The number of carbonyl (C=O) groups excluding carboxylic acids is 1. The van der Waals surface area contributed by atoms with Gasteiger partial charge < -0.3 is 15.3 Å². The summed E-state index contributed by atoms with van der Waals surface area (Å²) in [7, 11) is 0. The number of rotatable bonds is 8. The molecule has 0 aliphatic rings. The van der Waals surface area contributed by atoms with Crippen LogP contribution in [0, 0.1) is 10.1 Å². The van der Waals surface area contributed by atoms with Crippen LogP contribution >= 0.6 is 0 Å². The number of carboxylic acids is 1. The van der Waals surface area contributed by atoms with Crippen molar-refractivity contribution in [1.82, 2.24) is 10.2 Å². The maximum absolute atomic E-state index is 12.0. The first-order chi connectivity index (χ1) is 10.4. The molecule has 0 aliphatic heterocycles. The largest absolute Gasteiger partial charge is 0.481 e. The van der Waals surface area contributed by atoms with Crippen molar-refractivity contribution < 1.29 is 19.6 Å². The van der Waals surface area contributed by atoms with E-state index in [9.17, 15) is 19.7 Å². The third kappa shape index (κ3) is 5.61. The first-order valence-electron chi connectivity index (χ1n) is 6.53. The van der Waals surface area contributed by atoms with E-state index in [1.807, 2.05) is 0 Å². The van der Waals surface area contributed by atoms with E-state index < -0.39 is 16.9 Å². The number of hydrogen-bond acceptors (Lipinski definition) is 4. The molecule has 2 N–H and O–H groups in total. The molecule has 0 unspecified atom stereocenters. The molecule has 8 heteroatoms. The second-order valence-corrected chi connectivity index (χ2v) is 4.47. The van der Waals surface area contributed by atoms with Gasteiger partial charge in [-0.15, -0.1) is 6.58 Å². The van der Waals surface area contributed by atoms with Crippen molar-refractivity contribution in [2.45, 2.75) is 13.0 Å². The Hall–Kier alpha value is -2.90. The Kier molecular flexibility index (Phi) is 6.55. The second kappa shape index (κ2) is 8.40. The molecule has 1 aromatic carbocycles. The molecule has 2 amide bonds. The van der Waals surface area contributed by atoms with E-state index in [2.05, 4.69) is 11.9 Å². The first kappa shape index (κ1) is 17.2. The van der Waals surface area contributed by atoms with E-state index in [0.717, 1.165) is 0 Å². The van der Waals surface area contributed by atoms with Gasteiger partial charge in [-0.05, 0) is 5.56 Å². The second-order valence-electron chi connectivity index (χ2n) is 4.47.